The molecule has 0 aliphatic rings. The van der Waals surface area contributed by atoms with Crippen LogP contribution in [-0.2, 0) is 9.53 Å². The smallest absolute Gasteiger partial charge is 0.330 e. The van der Waals surface area contributed by atoms with E-state index >= 15 is 0 Å². The van der Waals surface area contributed by atoms with Crippen LogP contribution in [0.1, 0.15) is 38.9 Å². The Labute approximate surface area is 150 Å². The maximum Gasteiger partial charge on any atom is 0.330 e. The van der Waals surface area contributed by atoms with Gasteiger partial charge in [0.25, 0.3) is 0 Å². The molecule has 2 N–H and O–H groups in total. The zero-order valence-electron chi connectivity index (χ0n) is 15.3. The SMILES string of the molecule is CO[C@H](C/C=C(\C)C(=O)O)/C(C)=C/C=C/[C@@H](C)[C@@H](O)c1ccccc1. The van der Waals surface area contributed by atoms with Crippen LogP contribution in [0.25, 0.3) is 0 Å². The van der Waals surface area contributed by atoms with E-state index in [1.165, 1.54) is 0 Å². The van der Waals surface area contributed by atoms with Gasteiger partial charge in [-0.3, -0.25) is 0 Å². The average Bonchev–Trinajstić information content (AvgIpc) is 2.61. The third-order valence-electron chi connectivity index (χ3n) is 4.18. The maximum atomic E-state index is 10.8. The van der Waals surface area contributed by atoms with Gasteiger partial charge < -0.3 is 14.9 Å². The number of carboxylic acid groups (broad SMARTS) is 1. The van der Waals surface area contributed by atoms with Crippen LogP contribution in [-0.4, -0.2) is 29.4 Å². The van der Waals surface area contributed by atoms with Crippen molar-refractivity contribution < 1.29 is 19.7 Å². The number of carboxylic acids is 1. The Morgan fingerprint density at radius 1 is 1.24 bits per heavy atom. The highest BCUT2D eigenvalue weighted by Gasteiger charge is 2.13. The van der Waals surface area contributed by atoms with E-state index in [1.54, 1.807) is 20.1 Å². The maximum absolute atomic E-state index is 10.8. The largest absolute Gasteiger partial charge is 0.478 e. The Balaban J connectivity index is 2.69. The van der Waals surface area contributed by atoms with Crippen molar-refractivity contribution in [2.45, 2.75) is 39.4 Å². The molecule has 3 atom stereocenters. The highest BCUT2D eigenvalue weighted by atomic mass is 16.5. The molecule has 0 unspecified atom stereocenters. The van der Waals surface area contributed by atoms with Crippen molar-refractivity contribution in [3.8, 4) is 0 Å². The van der Waals surface area contributed by atoms with Gasteiger partial charge in [-0.05, 0) is 31.4 Å². The van der Waals surface area contributed by atoms with Crippen LogP contribution in [0.15, 0.2) is 65.8 Å². The standard InChI is InChI=1S/C21H28O4/c1-15(19(25-4)14-13-17(3)21(23)24)9-8-10-16(2)20(22)18-11-6-5-7-12-18/h5-13,16,19-20,22H,14H2,1-4H3,(H,23,24)/b10-8+,15-9+,17-13+/t16-,19-,20-/m1/s1. The van der Waals surface area contributed by atoms with Gasteiger partial charge >= 0.3 is 5.97 Å². The van der Waals surface area contributed by atoms with Gasteiger partial charge in [-0.2, -0.15) is 0 Å². The first kappa shape index (κ1) is 20.9. The Morgan fingerprint density at radius 2 is 1.88 bits per heavy atom. The van der Waals surface area contributed by atoms with Gasteiger partial charge in [0.2, 0.25) is 0 Å². The van der Waals surface area contributed by atoms with E-state index in [0.29, 0.717) is 12.0 Å². The summed E-state index contributed by atoms with van der Waals surface area (Å²) in [6, 6.07) is 9.57. The van der Waals surface area contributed by atoms with Gasteiger partial charge in [0.15, 0.2) is 0 Å². The topological polar surface area (TPSA) is 66.8 Å². The number of hydrogen-bond acceptors (Lipinski definition) is 3. The number of methoxy groups -OCH3 is 1. The molecule has 136 valence electrons. The lowest BCUT2D eigenvalue weighted by atomic mass is 9.97. The van der Waals surface area contributed by atoms with Gasteiger partial charge in [-0.1, -0.05) is 61.6 Å². The summed E-state index contributed by atoms with van der Waals surface area (Å²) in [6.07, 6.45) is 7.25. The fourth-order valence-electron chi connectivity index (χ4n) is 2.39. The zero-order valence-corrected chi connectivity index (χ0v) is 15.3. The minimum absolute atomic E-state index is 0.0263. The number of aliphatic hydroxyl groups excluding tert-OH is 1. The summed E-state index contributed by atoms with van der Waals surface area (Å²) < 4.78 is 5.43. The summed E-state index contributed by atoms with van der Waals surface area (Å²) in [6.45, 7) is 5.48. The van der Waals surface area contributed by atoms with Crippen LogP contribution < -0.4 is 0 Å². The number of allylic oxidation sites excluding steroid dienone is 2. The number of carbonyl (C=O) groups is 1. The Hall–Kier alpha value is -2.17. The minimum atomic E-state index is -0.917. The van der Waals surface area contributed by atoms with Crippen LogP contribution in [0, 0.1) is 5.92 Å². The van der Waals surface area contributed by atoms with Crippen LogP contribution in [0.2, 0.25) is 0 Å². The van der Waals surface area contributed by atoms with Crippen molar-refractivity contribution in [1.29, 1.82) is 0 Å². The molecule has 0 aliphatic heterocycles. The molecule has 0 spiro atoms. The molecule has 1 aromatic rings. The lowest BCUT2D eigenvalue weighted by Crippen LogP contribution is -2.11. The minimum Gasteiger partial charge on any atom is -0.478 e. The summed E-state index contributed by atoms with van der Waals surface area (Å²) in [5.74, 6) is -0.943. The molecule has 1 rings (SSSR count). The summed E-state index contributed by atoms with van der Waals surface area (Å²) in [4.78, 5) is 10.8. The molecular weight excluding hydrogens is 316 g/mol. The average molecular weight is 344 g/mol. The van der Waals surface area contributed by atoms with E-state index in [2.05, 4.69) is 0 Å². The highest BCUT2D eigenvalue weighted by molar-refractivity contribution is 5.85. The third-order valence-corrected chi connectivity index (χ3v) is 4.18. The first-order valence-corrected chi connectivity index (χ1v) is 8.37. The van der Waals surface area contributed by atoms with E-state index in [0.717, 1.165) is 11.1 Å². The monoisotopic (exact) mass is 344 g/mol. The van der Waals surface area contributed by atoms with Crippen LogP contribution in [0.3, 0.4) is 0 Å². The third kappa shape index (κ3) is 7.08. The molecule has 4 nitrogen and oxygen atoms in total. The summed E-state index contributed by atoms with van der Waals surface area (Å²) in [5, 5.41) is 19.2. The lowest BCUT2D eigenvalue weighted by Gasteiger charge is -2.16. The Morgan fingerprint density at radius 3 is 2.44 bits per heavy atom. The second kappa shape index (κ2) is 10.6. The summed E-state index contributed by atoms with van der Waals surface area (Å²) in [5.41, 5.74) is 2.20. The number of ether oxygens (including phenoxy) is 1. The second-order valence-electron chi connectivity index (χ2n) is 6.16. The molecule has 0 saturated carbocycles. The fourth-order valence-corrected chi connectivity index (χ4v) is 2.39. The van der Waals surface area contributed by atoms with Crippen molar-refractivity contribution in [2.24, 2.45) is 5.92 Å². The van der Waals surface area contributed by atoms with E-state index in [9.17, 15) is 9.90 Å². The summed E-state index contributed by atoms with van der Waals surface area (Å²) >= 11 is 0. The number of aliphatic hydroxyl groups is 1. The summed E-state index contributed by atoms with van der Waals surface area (Å²) in [7, 11) is 1.61. The van der Waals surface area contributed by atoms with Gasteiger partial charge in [-0.15, -0.1) is 0 Å². The van der Waals surface area contributed by atoms with Crippen molar-refractivity contribution in [3.05, 3.63) is 71.3 Å². The zero-order chi connectivity index (χ0) is 18.8. The Bertz CT molecular complexity index is 629. The molecule has 0 fully saturated rings. The first-order chi connectivity index (χ1) is 11.9. The van der Waals surface area contributed by atoms with E-state index < -0.39 is 12.1 Å². The number of hydrogen-bond donors (Lipinski definition) is 2. The van der Waals surface area contributed by atoms with E-state index in [-0.39, 0.29) is 12.0 Å². The number of aliphatic carboxylic acids is 1. The molecule has 4 heteroatoms. The molecule has 1 aromatic carbocycles. The van der Waals surface area contributed by atoms with Crippen molar-refractivity contribution >= 4 is 5.97 Å². The fraction of sp³-hybridized carbons (Fsp3) is 0.381. The van der Waals surface area contributed by atoms with Gasteiger partial charge in [-0.25, -0.2) is 4.79 Å². The molecule has 0 aromatic heterocycles. The predicted molar refractivity (Wildman–Crippen MR) is 100 cm³/mol. The molecule has 25 heavy (non-hydrogen) atoms. The predicted octanol–water partition coefficient (Wildman–Crippen LogP) is 4.29. The molecule has 0 bridgehead atoms. The van der Waals surface area contributed by atoms with Gasteiger partial charge in [0.05, 0.1) is 12.2 Å². The molecule has 0 heterocycles. The number of benzene rings is 1. The van der Waals surface area contributed by atoms with Crippen LogP contribution in [0.5, 0.6) is 0 Å². The van der Waals surface area contributed by atoms with Gasteiger partial charge in [0.1, 0.15) is 0 Å². The van der Waals surface area contributed by atoms with Crippen LogP contribution in [0.4, 0.5) is 0 Å². The Kier molecular flexibility index (Phi) is 8.89. The van der Waals surface area contributed by atoms with Crippen molar-refractivity contribution in [3.63, 3.8) is 0 Å². The van der Waals surface area contributed by atoms with Crippen molar-refractivity contribution in [1.82, 2.24) is 0 Å². The second-order valence-corrected chi connectivity index (χ2v) is 6.16. The quantitative estimate of drug-likeness (QED) is 0.518. The van der Waals surface area contributed by atoms with Crippen LogP contribution >= 0.6 is 0 Å². The lowest BCUT2D eigenvalue weighted by molar-refractivity contribution is -0.132. The normalized spacial score (nSPS) is 16.7. The molecule has 0 radical (unpaired) electrons. The molecule has 0 saturated heterocycles. The molecule has 0 aliphatic carbocycles. The molecular formula is C21H28O4. The first-order valence-electron chi connectivity index (χ1n) is 8.37. The molecule has 0 amide bonds. The van der Waals surface area contributed by atoms with Gasteiger partial charge in [0, 0.05) is 18.6 Å². The van der Waals surface area contributed by atoms with E-state index in [4.69, 9.17) is 9.84 Å². The van der Waals surface area contributed by atoms with Crippen molar-refractivity contribution in [2.75, 3.05) is 7.11 Å². The number of rotatable bonds is 9. The van der Waals surface area contributed by atoms with E-state index in [1.807, 2.05) is 62.4 Å². The highest BCUT2D eigenvalue weighted by Crippen LogP contribution is 2.22.